The number of ether oxygens (including phenoxy) is 2. The Morgan fingerprint density at radius 3 is 2.41 bits per heavy atom. The Balaban J connectivity index is 1.54. The van der Waals surface area contributed by atoms with Crippen molar-refractivity contribution in [3.63, 3.8) is 0 Å². The zero-order valence-corrected chi connectivity index (χ0v) is 16.6. The van der Waals surface area contributed by atoms with Crippen LogP contribution in [0.4, 0.5) is 24.7 Å². The van der Waals surface area contributed by atoms with Crippen LogP contribution in [0.25, 0.3) is 11.1 Å². The fourth-order valence-corrected chi connectivity index (χ4v) is 3.32. The van der Waals surface area contributed by atoms with Gasteiger partial charge in [-0.2, -0.15) is 5.10 Å². The highest BCUT2D eigenvalue weighted by Crippen LogP contribution is 2.35. The van der Waals surface area contributed by atoms with Crippen molar-refractivity contribution < 1.29 is 32.2 Å². The van der Waals surface area contributed by atoms with Crippen LogP contribution >= 0.6 is 0 Å². The molecule has 2 N–H and O–H groups in total. The summed E-state index contributed by atoms with van der Waals surface area (Å²) in [6, 6.07) is 10.9. The fraction of sp³-hybridized carbons (Fsp3) is 0.190. The molecule has 8 nitrogen and oxygen atoms in total. The molecule has 0 radical (unpaired) electrons. The van der Waals surface area contributed by atoms with Gasteiger partial charge in [0.25, 0.3) is 0 Å². The Morgan fingerprint density at radius 2 is 1.78 bits per heavy atom. The van der Waals surface area contributed by atoms with Crippen LogP contribution in [0.5, 0.6) is 11.5 Å². The van der Waals surface area contributed by atoms with Gasteiger partial charge in [-0.1, -0.05) is 12.1 Å². The summed E-state index contributed by atoms with van der Waals surface area (Å²) in [5, 5.41) is 9.61. The van der Waals surface area contributed by atoms with Crippen molar-refractivity contribution >= 4 is 23.3 Å². The molecule has 1 aliphatic rings. The highest BCUT2D eigenvalue weighted by Gasteiger charge is 2.33. The number of nitrogens with one attached hydrogen (secondary N) is 2. The number of carbonyl (C=O) groups is 2. The number of methoxy groups -OCH3 is 1. The maximum atomic E-state index is 12.8. The lowest BCUT2D eigenvalue weighted by Crippen LogP contribution is -2.35. The van der Waals surface area contributed by atoms with Gasteiger partial charge in [0.05, 0.1) is 19.7 Å². The van der Waals surface area contributed by atoms with E-state index >= 15 is 0 Å². The average Bonchev–Trinajstić information content (AvgIpc) is 3.17. The number of hydrogen-bond donors (Lipinski definition) is 2. The molecule has 0 aliphatic carbocycles. The average molecular weight is 446 g/mol. The predicted molar refractivity (Wildman–Crippen MR) is 108 cm³/mol. The third-order valence-corrected chi connectivity index (χ3v) is 4.79. The van der Waals surface area contributed by atoms with Crippen molar-refractivity contribution in [1.82, 2.24) is 9.78 Å². The minimum Gasteiger partial charge on any atom is -0.497 e. The van der Waals surface area contributed by atoms with E-state index in [2.05, 4.69) is 20.5 Å². The van der Waals surface area contributed by atoms with Crippen molar-refractivity contribution in [3.05, 3.63) is 54.7 Å². The number of amides is 2. The quantitative estimate of drug-likeness (QED) is 0.618. The zero-order chi connectivity index (χ0) is 22.9. The lowest BCUT2D eigenvalue weighted by atomic mass is 10.1. The number of nitrogens with zero attached hydrogens (tertiary/aromatic N) is 2. The van der Waals surface area contributed by atoms with Gasteiger partial charge in [-0.05, 0) is 42.0 Å². The second-order valence-corrected chi connectivity index (χ2v) is 6.91. The van der Waals surface area contributed by atoms with Gasteiger partial charge in [-0.15, -0.1) is 13.2 Å². The molecule has 0 saturated heterocycles. The number of aromatic nitrogens is 2. The zero-order valence-electron chi connectivity index (χ0n) is 16.6. The van der Waals surface area contributed by atoms with Crippen molar-refractivity contribution in [2.75, 3.05) is 17.7 Å². The van der Waals surface area contributed by atoms with Gasteiger partial charge in [0, 0.05) is 11.3 Å². The van der Waals surface area contributed by atoms with Crippen molar-refractivity contribution in [3.8, 4) is 22.6 Å². The van der Waals surface area contributed by atoms with Crippen LogP contribution in [0.15, 0.2) is 54.7 Å². The van der Waals surface area contributed by atoms with Gasteiger partial charge in [-0.25, -0.2) is 4.68 Å². The molecule has 4 rings (SSSR count). The van der Waals surface area contributed by atoms with Crippen LogP contribution in [-0.4, -0.2) is 35.1 Å². The van der Waals surface area contributed by atoms with Crippen molar-refractivity contribution in [2.24, 2.45) is 0 Å². The van der Waals surface area contributed by atoms with E-state index in [-0.39, 0.29) is 18.0 Å². The number of fused-ring (bicyclic) bond motifs is 1. The molecule has 1 atom stereocenters. The maximum Gasteiger partial charge on any atom is 0.573 e. The van der Waals surface area contributed by atoms with E-state index in [4.69, 9.17) is 4.74 Å². The summed E-state index contributed by atoms with van der Waals surface area (Å²) < 4.78 is 47.2. The third kappa shape index (κ3) is 4.51. The lowest BCUT2D eigenvalue weighted by molar-refractivity contribution is -0.274. The second-order valence-electron chi connectivity index (χ2n) is 6.91. The first-order valence-corrected chi connectivity index (χ1v) is 9.42. The Hall–Kier alpha value is -4.02. The van der Waals surface area contributed by atoms with Crippen LogP contribution < -0.4 is 20.1 Å². The van der Waals surface area contributed by atoms with E-state index in [0.29, 0.717) is 17.1 Å². The summed E-state index contributed by atoms with van der Waals surface area (Å²) in [4.78, 5) is 25.1. The Bertz CT molecular complexity index is 1140. The maximum absolute atomic E-state index is 12.8. The molecule has 2 aromatic carbocycles. The van der Waals surface area contributed by atoms with Gasteiger partial charge in [-0.3, -0.25) is 9.59 Å². The number of alkyl halides is 3. The summed E-state index contributed by atoms with van der Waals surface area (Å²) in [6.45, 7) is 0. The van der Waals surface area contributed by atoms with E-state index in [1.165, 1.54) is 16.8 Å². The summed E-state index contributed by atoms with van der Waals surface area (Å²) in [7, 11) is 1.55. The molecule has 1 aromatic heterocycles. The van der Waals surface area contributed by atoms with Gasteiger partial charge >= 0.3 is 6.36 Å². The minimum absolute atomic E-state index is 0.141. The first-order valence-electron chi connectivity index (χ1n) is 9.42. The first kappa shape index (κ1) is 21.2. The largest absolute Gasteiger partial charge is 0.573 e. The number of rotatable bonds is 5. The minimum atomic E-state index is -4.81. The summed E-state index contributed by atoms with van der Waals surface area (Å²) in [6.07, 6.45) is -3.40. The van der Waals surface area contributed by atoms with E-state index in [1.807, 2.05) is 0 Å². The topological polar surface area (TPSA) is 94.5 Å². The number of carbonyl (C=O) groups excluding carboxylic acids is 2. The van der Waals surface area contributed by atoms with Crippen LogP contribution in [0.2, 0.25) is 0 Å². The Kier molecular flexibility index (Phi) is 5.47. The molecular weight excluding hydrogens is 429 g/mol. The number of halogens is 3. The van der Waals surface area contributed by atoms with E-state index in [0.717, 1.165) is 17.7 Å². The van der Waals surface area contributed by atoms with Gasteiger partial charge in [0.1, 0.15) is 23.4 Å². The van der Waals surface area contributed by atoms with E-state index in [1.54, 1.807) is 37.6 Å². The monoisotopic (exact) mass is 446 g/mol. The van der Waals surface area contributed by atoms with Crippen molar-refractivity contribution in [1.29, 1.82) is 0 Å². The molecular formula is C21H17F3N4O4. The molecule has 0 saturated carbocycles. The second kappa shape index (κ2) is 8.25. The molecule has 3 aromatic rings. The number of anilines is 2. The standard InChI is InChI=1S/C21H17F3N4O4/c1-31-14-6-2-12(3-7-14)16-11-25-28-17(10-18(29)27-19(16)28)20(30)26-13-4-8-15(9-5-13)32-21(22,23)24/h2-9,11,17H,10H2,1H3,(H,26,30)(H,27,29)/t17-/m0/s1. The number of hydrogen-bond acceptors (Lipinski definition) is 5. The smallest absolute Gasteiger partial charge is 0.497 e. The fourth-order valence-electron chi connectivity index (χ4n) is 3.32. The van der Waals surface area contributed by atoms with Crippen LogP contribution in [0.3, 0.4) is 0 Å². The molecule has 0 fully saturated rings. The summed E-state index contributed by atoms with van der Waals surface area (Å²) >= 11 is 0. The molecule has 1 aliphatic heterocycles. The lowest BCUT2D eigenvalue weighted by Gasteiger charge is -2.24. The SMILES string of the molecule is COc1ccc(-c2cnn3c2NC(=O)C[C@H]3C(=O)Nc2ccc(OC(F)(F)F)cc2)cc1. The highest BCUT2D eigenvalue weighted by atomic mass is 19.4. The molecule has 0 unspecified atom stereocenters. The van der Waals surface area contributed by atoms with Crippen LogP contribution in [0, 0.1) is 0 Å². The summed E-state index contributed by atoms with van der Waals surface area (Å²) in [5.41, 5.74) is 1.65. The molecule has 166 valence electrons. The van der Waals surface area contributed by atoms with Gasteiger partial charge in [0.2, 0.25) is 11.8 Å². The first-order chi connectivity index (χ1) is 15.2. The molecule has 2 amide bonds. The molecule has 32 heavy (non-hydrogen) atoms. The molecule has 2 heterocycles. The molecule has 0 bridgehead atoms. The van der Waals surface area contributed by atoms with Crippen molar-refractivity contribution in [2.45, 2.75) is 18.8 Å². The van der Waals surface area contributed by atoms with Gasteiger partial charge in [0.15, 0.2) is 0 Å². The highest BCUT2D eigenvalue weighted by molar-refractivity contribution is 6.03. The van der Waals surface area contributed by atoms with Crippen LogP contribution in [-0.2, 0) is 9.59 Å². The number of benzene rings is 2. The predicted octanol–water partition coefficient (Wildman–Crippen LogP) is 3.98. The van der Waals surface area contributed by atoms with E-state index < -0.39 is 24.1 Å². The molecule has 11 heteroatoms. The summed E-state index contributed by atoms with van der Waals surface area (Å²) in [5.74, 6) is -0.258. The van der Waals surface area contributed by atoms with Crippen LogP contribution in [0.1, 0.15) is 12.5 Å². The Morgan fingerprint density at radius 1 is 1.12 bits per heavy atom. The van der Waals surface area contributed by atoms with E-state index in [9.17, 15) is 22.8 Å². The third-order valence-electron chi connectivity index (χ3n) is 4.79. The Labute approximate surface area is 179 Å². The molecule has 0 spiro atoms. The normalized spacial score (nSPS) is 15.5. The van der Waals surface area contributed by atoms with Gasteiger partial charge < -0.3 is 20.1 Å².